The monoisotopic (exact) mass is 423 g/mol. The van der Waals surface area contributed by atoms with Crippen LogP contribution in [0, 0.1) is 11.7 Å². The average molecular weight is 424 g/mol. The standard InChI is InChI=1S/C25H30FN3O2/c1-25(2,20-8-10-21(26)11-9-20)24(31)29-13-3-4-19(16-29)22-12-7-18(15-27-22)23(30)28-14-17-5-6-17/h7-12,15,17,19H,3-6,13-14,16H2,1-2H3,(H,28,30). The number of nitrogens with one attached hydrogen (secondary N) is 1. The van der Waals surface area contributed by atoms with Crippen molar-refractivity contribution >= 4 is 11.8 Å². The van der Waals surface area contributed by atoms with Crippen LogP contribution >= 0.6 is 0 Å². The van der Waals surface area contributed by atoms with Crippen molar-refractivity contribution in [2.24, 2.45) is 5.92 Å². The molecule has 1 unspecified atom stereocenters. The van der Waals surface area contributed by atoms with Gasteiger partial charge in [0, 0.05) is 37.4 Å². The van der Waals surface area contributed by atoms with Crippen LogP contribution in [0.5, 0.6) is 0 Å². The van der Waals surface area contributed by atoms with Gasteiger partial charge in [-0.2, -0.15) is 0 Å². The van der Waals surface area contributed by atoms with E-state index in [1.54, 1.807) is 18.3 Å². The molecule has 1 saturated heterocycles. The summed E-state index contributed by atoms with van der Waals surface area (Å²) in [7, 11) is 0. The Morgan fingerprint density at radius 3 is 2.52 bits per heavy atom. The molecule has 0 spiro atoms. The summed E-state index contributed by atoms with van der Waals surface area (Å²) in [6, 6.07) is 9.90. The molecule has 0 radical (unpaired) electrons. The molecular formula is C25H30FN3O2. The zero-order valence-corrected chi connectivity index (χ0v) is 18.2. The molecule has 2 amide bonds. The first kappa shape index (κ1) is 21.5. The molecule has 2 fully saturated rings. The van der Waals surface area contributed by atoms with Crippen molar-refractivity contribution in [3.63, 3.8) is 0 Å². The summed E-state index contributed by atoms with van der Waals surface area (Å²) in [6.45, 7) is 5.83. The van der Waals surface area contributed by atoms with Gasteiger partial charge in [-0.3, -0.25) is 14.6 Å². The predicted molar refractivity (Wildman–Crippen MR) is 117 cm³/mol. The maximum Gasteiger partial charge on any atom is 0.252 e. The average Bonchev–Trinajstić information content (AvgIpc) is 3.62. The number of rotatable bonds is 6. The summed E-state index contributed by atoms with van der Waals surface area (Å²) in [5.74, 6) is 0.444. The van der Waals surface area contributed by atoms with Crippen LogP contribution in [0.3, 0.4) is 0 Å². The second-order valence-corrected chi connectivity index (χ2v) is 9.35. The lowest BCUT2D eigenvalue weighted by molar-refractivity contribution is -0.137. The Balaban J connectivity index is 1.41. The normalized spacial score (nSPS) is 19.2. The van der Waals surface area contributed by atoms with Gasteiger partial charge in [0.1, 0.15) is 5.82 Å². The number of likely N-dealkylation sites (tertiary alicyclic amines) is 1. The summed E-state index contributed by atoms with van der Waals surface area (Å²) in [5.41, 5.74) is 1.56. The van der Waals surface area contributed by atoms with E-state index in [1.807, 2.05) is 30.9 Å². The quantitative estimate of drug-likeness (QED) is 0.763. The van der Waals surface area contributed by atoms with E-state index >= 15 is 0 Å². The van der Waals surface area contributed by atoms with Crippen molar-refractivity contribution in [1.82, 2.24) is 15.2 Å². The largest absolute Gasteiger partial charge is 0.352 e. The Hall–Kier alpha value is -2.76. The highest BCUT2D eigenvalue weighted by Crippen LogP contribution is 2.31. The number of carbonyl (C=O) groups is 2. The molecule has 2 aromatic rings. The number of amides is 2. The molecule has 1 aromatic heterocycles. The van der Waals surface area contributed by atoms with Crippen molar-refractivity contribution in [1.29, 1.82) is 0 Å². The van der Waals surface area contributed by atoms with E-state index in [2.05, 4.69) is 10.3 Å². The maximum atomic E-state index is 13.3. The van der Waals surface area contributed by atoms with E-state index in [0.717, 1.165) is 30.6 Å². The third kappa shape index (κ3) is 4.94. The second kappa shape index (κ2) is 8.77. The van der Waals surface area contributed by atoms with Crippen LogP contribution in [0.1, 0.15) is 67.1 Å². The van der Waals surface area contributed by atoms with Crippen molar-refractivity contribution in [3.05, 3.63) is 65.2 Å². The molecule has 5 nitrogen and oxygen atoms in total. The van der Waals surface area contributed by atoms with Gasteiger partial charge in [-0.05, 0) is 75.3 Å². The highest BCUT2D eigenvalue weighted by molar-refractivity contribution is 5.93. The van der Waals surface area contributed by atoms with Gasteiger partial charge in [-0.1, -0.05) is 12.1 Å². The van der Waals surface area contributed by atoms with Crippen LogP contribution in [0.4, 0.5) is 4.39 Å². The molecular weight excluding hydrogens is 393 g/mol. The summed E-state index contributed by atoms with van der Waals surface area (Å²) in [6.07, 6.45) is 5.90. The molecule has 2 heterocycles. The van der Waals surface area contributed by atoms with Gasteiger partial charge < -0.3 is 10.2 Å². The van der Waals surface area contributed by atoms with Crippen molar-refractivity contribution in [3.8, 4) is 0 Å². The van der Waals surface area contributed by atoms with Gasteiger partial charge in [0.15, 0.2) is 0 Å². The number of carbonyl (C=O) groups excluding carboxylic acids is 2. The van der Waals surface area contributed by atoms with Crippen LogP contribution in [-0.4, -0.2) is 41.3 Å². The number of pyridine rings is 1. The minimum atomic E-state index is -0.730. The lowest BCUT2D eigenvalue weighted by Crippen LogP contribution is -2.47. The second-order valence-electron chi connectivity index (χ2n) is 9.35. The van der Waals surface area contributed by atoms with Crippen LogP contribution in [0.25, 0.3) is 0 Å². The Labute approximate surface area is 183 Å². The predicted octanol–water partition coefficient (Wildman–Crippen LogP) is 4.04. The van der Waals surface area contributed by atoms with E-state index < -0.39 is 5.41 Å². The van der Waals surface area contributed by atoms with Crippen LogP contribution in [-0.2, 0) is 10.2 Å². The fourth-order valence-electron chi connectivity index (χ4n) is 4.23. The van der Waals surface area contributed by atoms with Crippen LogP contribution in [0.15, 0.2) is 42.6 Å². The number of halogens is 1. The molecule has 1 aliphatic heterocycles. The first-order valence-electron chi connectivity index (χ1n) is 11.1. The van der Waals surface area contributed by atoms with Crippen molar-refractivity contribution in [2.45, 2.75) is 50.9 Å². The number of nitrogens with zero attached hydrogens (tertiary/aromatic N) is 2. The number of benzene rings is 1. The third-order valence-electron chi connectivity index (χ3n) is 6.52. The van der Waals surface area contributed by atoms with Gasteiger partial charge in [0.05, 0.1) is 11.0 Å². The fourth-order valence-corrected chi connectivity index (χ4v) is 4.23. The molecule has 1 saturated carbocycles. The van der Waals surface area contributed by atoms with Gasteiger partial charge in [-0.15, -0.1) is 0 Å². The van der Waals surface area contributed by atoms with Crippen molar-refractivity contribution in [2.75, 3.05) is 19.6 Å². The number of aromatic nitrogens is 1. The number of piperidine rings is 1. The van der Waals surface area contributed by atoms with Gasteiger partial charge in [0.25, 0.3) is 5.91 Å². The zero-order chi connectivity index (χ0) is 22.0. The molecule has 2 aliphatic rings. The van der Waals surface area contributed by atoms with Crippen LogP contribution < -0.4 is 5.32 Å². The number of hydrogen-bond acceptors (Lipinski definition) is 3. The fraction of sp³-hybridized carbons (Fsp3) is 0.480. The first-order chi connectivity index (χ1) is 14.8. The van der Waals surface area contributed by atoms with E-state index in [1.165, 1.54) is 25.0 Å². The molecule has 1 atom stereocenters. The third-order valence-corrected chi connectivity index (χ3v) is 6.52. The maximum absolute atomic E-state index is 13.3. The minimum Gasteiger partial charge on any atom is -0.352 e. The highest BCUT2D eigenvalue weighted by Gasteiger charge is 2.36. The van der Waals surface area contributed by atoms with Gasteiger partial charge in [-0.25, -0.2) is 4.39 Å². The van der Waals surface area contributed by atoms with E-state index in [4.69, 9.17) is 0 Å². The summed E-state index contributed by atoms with van der Waals surface area (Å²) < 4.78 is 13.3. The molecule has 31 heavy (non-hydrogen) atoms. The molecule has 1 aliphatic carbocycles. The summed E-state index contributed by atoms with van der Waals surface area (Å²) >= 11 is 0. The number of hydrogen-bond donors (Lipinski definition) is 1. The van der Waals surface area contributed by atoms with Crippen LogP contribution in [0.2, 0.25) is 0 Å². The molecule has 6 heteroatoms. The van der Waals surface area contributed by atoms with E-state index in [9.17, 15) is 14.0 Å². The topological polar surface area (TPSA) is 62.3 Å². The van der Waals surface area contributed by atoms with Gasteiger partial charge >= 0.3 is 0 Å². The Morgan fingerprint density at radius 2 is 1.87 bits per heavy atom. The van der Waals surface area contributed by atoms with E-state index in [-0.39, 0.29) is 23.5 Å². The molecule has 4 rings (SSSR count). The Bertz CT molecular complexity index is 936. The van der Waals surface area contributed by atoms with Crippen molar-refractivity contribution < 1.29 is 14.0 Å². The molecule has 0 bridgehead atoms. The first-order valence-corrected chi connectivity index (χ1v) is 11.1. The molecule has 164 valence electrons. The lowest BCUT2D eigenvalue weighted by Gasteiger charge is -2.37. The highest BCUT2D eigenvalue weighted by atomic mass is 19.1. The Morgan fingerprint density at radius 1 is 1.13 bits per heavy atom. The Kier molecular flexibility index (Phi) is 6.08. The molecule has 1 N–H and O–H groups in total. The van der Waals surface area contributed by atoms with Gasteiger partial charge in [0.2, 0.25) is 5.91 Å². The zero-order valence-electron chi connectivity index (χ0n) is 18.2. The molecule has 1 aromatic carbocycles. The summed E-state index contributed by atoms with van der Waals surface area (Å²) in [4.78, 5) is 32.0. The SMILES string of the molecule is CC(C)(C(=O)N1CCCC(c2ccc(C(=O)NCC3CC3)cn2)C1)c1ccc(F)cc1. The van der Waals surface area contributed by atoms with E-state index in [0.29, 0.717) is 24.6 Å². The minimum absolute atomic E-state index is 0.0416. The lowest BCUT2D eigenvalue weighted by atomic mass is 9.82. The summed E-state index contributed by atoms with van der Waals surface area (Å²) in [5, 5.41) is 2.96. The smallest absolute Gasteiger partial charge is 0.252 e.